The summed E-state index contributed by atoms with van der Waals surface area (Å²) in [5.74, 6) is 1.47. The molecule has 1 N–H and O–H groups in total. The van der Waals surface area contributed by atoms with Crippen LogP contribution in [0.1, 0.15) is 64.3 Å². The molecule has 0 radical (unpaired) electrons. The average Bonchev–Trinajstić information content (AvgIpc) is 3.79. The number of aldehydes is 1. The molecule has 0 spiro atoms. The van der Waals surface area contributed by atoms with Gasteiger partial charge < -0.3 is 24.5 Å². The number of thioether (sulfide) groups is 1. The van der Waals surface area contributed by atoms with Crippen molar-refractivity contribution in [2.24, 2.45) is 0 Å². The van der Waals surface area contributed by atoms with Crippen LogP contribution in [0.15, 0.2) is 58.9 Å². The van der Waals surface area contributed by atoms with Gasteiger partial charge in [0.2, 0.25) is 0 Å². The number of alkyl carbamates (subject to hydrolysis) is 1. The molecule has 10 nitrogen and oxygen atoms in total. The van der Waals surface area contributed by atoms with Crippen LogP contribution in [-0.2, 0) is 15.3 Å². The zero-order chi connectivity index (χ0) is 36.1. The van der Waals surface area contributed by atoms with Crippen molar-refractivity contribution in [3.05, 3.63) is 75.8 Å². The van der Waals surface area contributed by atoms with E-state index in [1.807, 2.05) is 29.6 Å². The van der Waals surface area contributed by atoms with E-state index in [1.165, 1.54) is 23.1 Å². The highest BCUT2D eigenvalue weighted by atomic mass is 35.5. The van der Waals surface area contributed by atoms with Gasteiger partial charge in [0.15, 0.2) is 0 Å². The molecule has 2 aromatic carbocycles. The van der Waals surface area contributed by atoms with Crippen LogP contribution in [0.4, 0.5) is 10.6 Å². The predicted octanol–water partition coefficient (Wildman–Crippen LogP) is 8.41. The summed E-state index contributed by atoms with van der Waals surface area (Å²) >= 11 is 9.00. The van der Waals surface area contributed by atoms with E-state index >= 15 is 0 Å². The van der Waals surface area contributed by atoms with Gasteiger partial charge in [0, 0.05) is 40.4 Å². The molecule has 1 saturated heterocycles. The van der Waals surface area contributed by atoms with Crippen LogP contribution in [0.2, 0.25) is 5.02 Å². The van der Waals surface area contributed by atoms with Gasteiger partial charge in [-0.25, -0.2) is 14.8 Å². The minimum absolute atomic E-state index is 0.305. The zero-order valence-corrected chi connectivity index (χ0v) is 30.8. The molecular formula is C37H37ClN6O4S2. The number of nitrogens with one attached hydrogen (secondary N) is 1. The van der Waals surface area contributed by atoms with E-state index in [2.05, 4.69) is 22.4 Å². The Kier molecular flexibility index (Phi) is 11.4. The maximum Gasteiger partial charge on any atom is 0.408 e. The lowest BCUT2D eigenvalue weighted by Crippen LogP contribution is -2.57. The summed E-state index contributed by atoms with van der Waals surface area (Å²) in [7, 11) is 0. The van der Waals surface area contributed by atoms with Crippen LogP contribution in [0.3, 0.4) is 0 Å². The number of amides is 1. The Morgan fingerprint density at radius 2 is 1.68 bits per heavy atom. The highest BCUT2D eigenvalue weighted by Crippen LogP contribution is 2.40. The van der Waals surface area contributed by atoms with Crippen LogP contribution in [0, 0.1) is 22.7 Å². The van der Waals surface area contributed by atoms with Gasteiger partial charge in [-0.1, -0.05) is 47.6 Å². The van der Waals surface area contributed by atoms with E-state index in [4.69, 9.17) is 31.0 Å². The summed E-state index contributed by atoms with van der Waals surface area (Å²) in [5, 5.41) is 27.6. The lowest BCUT2D eigenvalue weighted by Gasteiger charge is -2.32. The lowest BCUT2D eigenvalue weighted by molar-refractivity contribution is -0.115. The van der Waals surface area contributed by atoms with E-state index in [-0.39, 0.29) is 0 Å². The van der Waals surface area contributed by atoms with Crippen molar-refractivity contribution < 1.29 is 19.1 Å². The monoisotopic (exact) mass is 728 g/mol. The molecule has 1 aliphatic rings. The number of benzene rings is 2. The van der Waals surface area contributed by atoms with Gasteiger partial charge in [-0.3, -0.25) is 0 Å². The Bertz CT molecular complexity index is 1940. The number of pyridine rings is 1. The summed E-state index contributed by atoms with van der Waals surface area (Å²) in [4.78, 5) is 36.4. The van der Waals surface area contributed by atoms with Crippen LogP contribution in [0.5, 0.6) is 5.75 Å². The smallest absolute Gasteiger partial charge is 0.408 e. The molecule has 0 saturated carbocycles. The third kappa shape index (κ3) is 8.56. The molecule has 1 aliphatic heterocycles. The number of ether oxygens (including phenoxy) is 2. The summed E-state index contributed by atoms with van der Waals surface area (Å²) in [6.45, 7) is 9.98. The number of hydrogen-bond donors (Lipinski definition) is 1. The molecule has 1 amide bonds. The van der Waals surface area contributed by atoms with E-state index in [1.54, 1.807) is 58.9 Å². The molecule has 258 valence electrons. The molecular weight excluding hydrogens is 692 g/mol. The Labute approximate surface area is 305 Å². The minimum Gasteiger partial charge on any atom is -0.488 e. The van der Waals surface area contributed by atoms with E-state index in [0.29, 0.717) is 55.9 Å². The quantitative estimate of drug-likeness (QED) is 0.118. The topological polar surface area (TPSA) is 141 Å². The van der Waals surface area contributed by atoms with Gasteiger partial charge >= 0.3 is 6.09 Å². The summed E-state index contributed by atoms with van der Waals surface area (Å²) < 4.78 is 11.4. The minimum atomic E-state index is -1.38. The molecule has 0 bridgehead atoms. The highest BCUT2D eigenvalue weighted by molar-refractivity contribution is 7.98. The summed E-state index contributed by atoms with van der Waals surface area (Å²) in [6.07, 6.45) is 1.10. The van der Waals surface area contributed by atoms with Crippen LogP contribution in [0.25, 0.3) is 21.7 Å². The molecule has 1 fully saturated rings. The molecule has 3 heterocycles. The van der Waals surface area contributed by atoms with Crippen LogP contribution in [-0.4, -0.2) is 52.7 Å². The molecule has 2 aromatic heterocycles. The number of nitrogens with zero attached hydrogens (tertiary/aromatic N) is 5. The second-order valence-corrected chi connectivity index (χ2v) is 15.3. The maximum absolute atomic E-state index is 12.4. The third-order valence-corrected chi connectivity index (χ3v) is 10.3. The van der Waals surface area contributed by atoms with Crippen LogP contribution >= 0.6 is 34.7 Å². The molecule has 13 heteroatoms. The molecule has 4 aromatic rings. The fourth-order valence-electron chi connectivity index (χ4n) is 5.33. The number of aromatic nitrogens is 2. The Balaban J connectivity index is 1.43. The molecule has 50 heavy (non-hydrogen) atoms. The van der Waals surface area contributed by atoms with Gasteiger partial charge in [-0.2, -0.15) is 10.5 Å². The van der Waals surface area contributed by atoms with Crippen LogP contribution < -0.4 is 15.0 Å². The molecule has 2 atom stereocenters. The Morgan fingerprint density at radius 1 is 1.04 bits per heavy atom. The standard InChI is InChI=1S/C37H37ClN6O4S2/c1-23(37(5,22-45)43-35(46)48-36(2,3)4)47-28-14-10-24(11-15-28)31-29(18-39)32(44-16-6-7-17-44)42-34(30(31)19-40)50-21-27-20-49-33(41-27)25-8-12-26(38)13-9-25/h8-15,20,22-23H,6-7,16-17,21H2,1-5H3,(H,43,46)/t23?,37-/m0/s1. The second kappa shape index (κ2) is 15.5. The second-order valence-electron chi connectivity index (χ2n) is 13.0. The van der Waals surface area contributed by atoms with E-state index < -0.39 is 23.3 Å². The van der Waals surface area contributed by atoms with Gasteiger partial charge in [0.05, 0.1) is 11.3 Å². The van der Waals surface area contributed by atoms with Gasteiger partial charge in [0.25, 0.3) is 0 Å². The Morgan fingerprint density at radius 3 is 2.28 bits per heavy atom. The number of hydrogen-bond acceptors (Lipinski definition) is 11. The SMILES string of the molecule is CC(Oc1ccc(-c2c(C#N)c(SCc3csc(-c4ccc(Cl)cc4)n3)nc(N3CCCC3)c2C#N)cc1)[C@](C)(C=O)NC(=O)OC(C)(C)C. The normalized spacial score (nSPS) is 14.6. The first kappa shape index (κ1) is 36.7. The summed E-state index contributed by atoms with van der Waals surface area (Å²) in [5.41, 5.74) is 1.50. The number of halogens is 1. The first-order valence-corrected chi connectivity index (χ1v) is 18.3. The summed E-state index contributed by atoms with van der Waals surface area (Å²) in [6, 6.07) is 19.2. The largest absolute Gasteiger partial charge is 0.488 e. The van der Waals surface area contributed by atoms with Gasteiger partial charge in [-0.05, 0) is 77.3 Å². The third-order valence-electron chi connectivity index (χ3n) is 8.09. The van der Waals surface area contributed by atoms with Crippen molar-refractivity contribution in [2.75, 3.05) is 18.0 Å². The number of carbonyl (C=O) groups is 2. The number of nitriles is 2. The van der Waals surface area contributed by atoms with Crippen molar-refractivity contribution in [2.45, 2.75) is 75.5 Å². The zero-order valence-electron chi connectivity index (χ0n) is 28.4. The lowest BCUT2D eigenvalue weighted by atomic mass is 9.96. The Hall–Kier alpha value is -4.62. The fraction of sp³-hybridized carbons (Fsp3) is 0.351. The number of carbonyl (C=O) groups excluding carboxylic acids is 2. The maximum atomic E-state index is 12.4. The van der Waals surface area contributed by atoms with E-state index in [9.17, 15) is 20.1 Å². The van der Waals surface area contributed by atoms with Crippen molar-refractivity contribution >= 4 is 52.9 Å². The van der Waals surface area contributed by atoms with Gasteiger partial charge in [0.1, 0.15) is 62.8 Å². The molecule has 0 aliphatic carbocycles. The van der Waals surface area contributed by atoms with E-state index in [0.717, 1.165) is 42.2 Å². The number of thiazole rings is 1. The van der Waals surface area contributed by atoms with Crippen molar-refractivity contribution in [1.29, 1.82) is 10.5 Å². The number of rotatable bonds is 11. The molecule has 5 rings (SSSR count). The fourth-order valence-corrected chi connectivity index (χ4v) is 7.26. The average molecular weight is 729 g/mol. The van der Waals surface area contributed by atoms with Crippen molar-refractivity contribution in [3.8, 4) is 39.6 Å². The first-order valence-electron chi connectivity index (χ1n) is 16.0. The highest BCUT2D eigenvalue weighted by Gasteiger charge is 2.36. The van der Waals surface area contributed by atoms with Crippen molar-refractivity contribution in [3.63, 3.8) is 0 Å². The van der Waals surface area contributed by atoms with Crippen molar-refractivity contribution in [1.82, 2.24) is 15.3 Å². The molecule has 1 unspecified atom stereocenters. The first-order chi connectivity index (χ1) is 23.8. The predicted molar refractivity (Wildman–Crippen MR) is 197 cm³/mol. The number of anilines is 1. The van der Waals surface area contributed by atoms with Gasteiger partial charge in [-0.15, -0.1) is 11.3 Å².